The molecule has 1 fully saturated rings. The molecule has 0 atom stereocenters. The van der Waals surface area contributed by atoms with Gasteiger partial charge in [-0.25, -0.2) is 0 Å². The summed E-state index contributed by atoms with van der Waals surface area (Å²) in [5, 5.41) is 17.9. The molecule has 0 amide bonds. The Balaban J connectivity index is 1.33. The average molecular weight is 414 g/mol. The summed E-state index contributed by atoms with van der Waals surface area (Å²) >= 11 is 0. The maximum Gasteiger partial charge on any atom is 0.270 e. The molecular formula is C25H25N4O2+. The number of hydrazone groups is 1. The third-order valence-corrected chi connectivity index (χ3v) is 6.39. The highest BCUT2D eigenvalue weighted by molar-refractivity contribution is 5.99. The molecule has 1 N–H and O–H groups in total. The Morgan fingerprint density at radius 3 is 2.19 bits per heavy atom. The number of hydrogen-bond donors (Lipinski definition) is 1. The monoisotopic (exact) mass is 413 g/mol. The van der Waals surface area contributed by atoms with Gasteiger partial charge in [-0.2, -0.15) is 5.10 Å². The van der Waals surface area contributed by atoms with Crippen LogP contribution in [0.3, 0.4) is 0 Å². The molecular weight excluding hydrogens is 388 g/mol. The number of hydrogen-bond acceptors (Lipinski definition) is 4. The first kappa shape index (κ1) is 19.5. The zero-order valence-corrected chi connectivity index (χ0v) is 17.5. The fourth-order valence-corrected chi connectivity index (χ4v) is 4.88. The summed E-state index contributed by atoms with van der Waals surface area (Å²) in [5.41, 5.74) is 7.26. The number of rotatable bonds is 4. The number of quaternary nitrogens is 1. The summed E-state index contributed by atoms with van der Waals surface area (Å²) in [4.78, 5) is 12.3. The molecule has 5 rings (SSSR count). The lowest BCUT2D eigenvalue weighted by molar-refractivity contribution is -0.929. The first-order chi connectivity index (χ1) is 15.1. The molecule has 1 aliphatic heterocycles. The van der Waals surface area contributed by atoms with Crippen molar-refractivity contribution in [1.29, 1.82) is 0 Å². The van der Waals surface area contributed by atoms with Crippen LogP contribution in [0, 0.1) is 10.1 Å². The van der Waals surface area contributed by atoms with Crippen molar-refractivity contribution < 1.29 is 9.82 Å². The minimum Gasteiger partial charge on any atom is -0.322 e. The summed E-state index contributed by atoms with van der Waals surface area (Å²) in [6.45, 7) is 5.64. The Bertz CT molecular complexity index is 1120. The minimum absolute atomic E-state index is 0.0971. The maximum atomic E-state index is 11.1. The van der Waals surface area contributed by atoms with Gasteiger partial charge in [-0.3, -0.25) is 15.1 Å². The van der Waals surface area contributed by atoms with Gasteiger partial charge in [-0.1, -0.05) is 60.7 Å². The molecule has 0 saturated carbocycles. The number of fused-ring (bicyclic) bond motifs is 3. The van der Waals surface area contributed by atoms with Crippen molar-refractivity contribution in [3.05, 3.63) is 99.6 Å². The van der Waals surface area contributed by atoms with Crippen molar-refractivity contribution >= 4 is 11.4 Å². The lowest BCUT2D eigenvalue weighted by atomic mass is 10.0. The van der Waals surface area contributed by atoms with Crippen LogP contribution in [0.1, 0.15) is 29.7 Å². The third-order valence-electron chi connectivity index (χ3n) is 6.39. The first-order valence-electron chi connectivity index (χ1n) is 10.7. The quantitative estimate of drug-likeness (QED) is 0.406. The van der Waals surface area contributed by atoms with Crippen LogP contribution in [0.2, 0.25) is 0 Å². The topological polar surface area (TPSA) is 63.2 Å². The normalized spacial score (nSPS) is 16.8. The van der Waals surface area contributed by atoms with Crippen LogP contribution < -0.4 is 4.90 Å². The number of benzene rings is 3. The number of piperazine rings is 1. The lowest BCUT2D eigenvalue weighted by Crippen LogP contribution is -3.14. The molecule has 3 aromatic rings. The van der Waals surface area contributed by atoms with Crippen LogP contribution in [0.25, 0.3) is 11.1 Å². The molecule has 3 aromatic carbocycles. The van der Waals surface area contributed by atoms with E-state index in [0.717, 1.165) is 37.5 Å². The maximum absolute atomic E-state index is 11.1. The standard InChI is InChI=1S/C25H24N4O2/c1-18(19-7-6-8-20(17-19)29(30)31)26-28-15-13-27(14-16-28)25-23-11-4-2-9-21(23)22-10-3-5-12-24(22)25/h2-12,17,25H,13-16H2,1H3/p+1/b26-18+. The molecule has 6 heteroatoms. The predicted molar refractivity (Wildman–Crippen MR) is 121 cm³/mol. The largest absolute Gasteiger partial charge is 0.322 e. The highest BCUT2D eigenvalue weighted by Crippen LogP contribution is 2.41. The van der Waals surface area contributed by atoms with Crippen LogP contribution in [0.15, 0.2) is 77.9 Å². The molecule has 1 saturated heterocycles. The Morgan fingerprint density at radius 2 is 1.58 bits per heavy atom. The van der Waals surface area contributed by atoms with E-state index in [1.54, 1.807) is 17.0 Å². The van der Waals surface area contributed by atoms with Crippen molar-refractivity contribution in [3.8, 4) is 11.1 Å². The van der Waals surface area contributed by atoms with E-state index in [0.29, 0.717) is 6.04 Å². The van der Waals surface area contributed by atoms with E-state index in [9.17, 15) is 10.1 Å². The molecule has 1 heterocycles. The Kier molecular flexibility index (Phi) is 5.00. The van der Waals surface area contributed by atoms with Gasteiger partial charge >= 0.3 is 0 Å². The average Bonchev–Trinajstić information content (AvgIpc) is 3.14. The van der Waals surface area contributed by atoms with Gasteiger partial charge in [0.05, 0.1) is 36.8 Å². The second-order valence-corrected chi connectivity index (χ2v) is 8.21. The zero-order valence-electron chi connectivity index (χ0n) is 17.5. The van der Waals surface area contributed by atoms with Gasteiger partial charge in [-0.15, -0.1) is 0 Å². The number of non-ortho nitro benzene ring substituents is 1. The van der Waals surface area contributed by atoms with Crippen LogP contribution in [-0.2, 0) is 0 Å². The Morgan fingerprint density at radius 1 is 0.968 bits per heavy atom. The number of nitrogens with zero attached hydrogens (tertiary/aromatic N) is 3. The molecule has 0 unspecified atom stereocenters. The van der Waals surface area contributed by atoms with Crippen LogP contribution >= 0.6 is 0 Å². The summed E-state index contributed by atoms with van der Waals surface area (Å²) in [7, 11) is 0. The summed E-state index contributed by atoms with van der Waals surface area (Å²) < 4.78 is 0. The van der Waals surface area contributed by atoms with Gasteiger partial charge in [0.25, 0.3) is 5.69 Å². The van der Waals surface area contributed by atoms with Gasteiger partial charge in [0, 0.05) is 28.8 Å². The van der Waals surface area contributed by atoms with Crippen molar-refractivity contribution in [3.63, 3.8) is 0 Å². The Hall–Kier alpha value is -3.51. The van der Waals surface area contributed by atoms with Gasteiger partial charge in [0.2, 0.25) is 0 Å². The van der Waals surface area contributed by atoms with E-state index in [1.165, 1.54) is 28.3 Å². The number of nitro groups is 1. The summed E-state index contributed by atoms with van der Waals surface area (Å²) in [6.07, 6.45) is 0. The van der Waals surface area contributed by atoms with E-state index in [1.807, 2.05) is 13.0 Å². The van der Waals surface area contributed by atoms with Crippen LogP contribution in [0.4, 0.5) is 5.69 Å². The molecule has 0 spiro atoms. The van der Waals surface area contributed by atoms with Gasteiger partial charge < -0.3 is 4.90 Å². The summed E-state index contributed by atoms with van der Waals surface area (Å²) in [5.74, 6) is 0. The highest BCUT2D eigenvalue weighted by atomic mass is 16.6. The number of nitrogens with one attached hydrogen (secondary N) is 1. The molecule has 2 aliphatic rings. The molecule has 0 radical (unpaired) electrons. The van der Waals surface area contributed by atoms with E-state index < -0.39 is 0 Å². The lowest BCUT2D eigenvalue weighted by Gasteiger charge is -2.35. The van der Waals surface area contributed by atoms with Gasteiger partial charge in [0.15, 0.2) is 0 Å². The molecule has 0 aromatic heterocycles. The minimum atomic E-state index is -0.365. The van der Waals surface area contributed by atoms with E-state index in [-0.39, 0.29) is 10.6 Å². The van der Waals surface area contributed by atoms with Gasteiger partial charge in [-0.05, 0) is 18.1 Å². The molecule has 0 bridgehead atoms. The SMILES string of the molecule is C/C(=N\N1CC[NH+](C2c3ccccc3-c3ccccc32)CC1)c1cccc([N+](=O)[O-])c1. The van der Waals surface area contributed by atoms with E-state index in [2.05, 4.69) is 53.5 Å². The van der Waals surface area contributed by atoms with Crippen molar-refractivity contribution in [2.75, 3.05) is 26.2 Å². The smallest absolute Gasteiger partial charge is 0.270 e. The second kappa shape index (κ2) is 7.96. The second-order valence-electron chi connectivity index (χ2n) is 8.21. The molecule has 31 heavy (non-hydrogen) atoms. The first-order valence-corrected chi connectivity index (χ1v) is 10.7. The fourth-order valence-electron chi connectivity index (χ4n) is 4.88. The van der Waals surface area contributed by atoms with Crippen molar-refractivity contribution in [2.45, 2.75) is 13.0 Å². The van der Waals surface area contributed by atoms with Gasteiger partial charge in [0.1, 0.15) is 6.04 Å². The van der Waals surface area contributed by atoms with Crippen LogP contribution in [0.5, 0.6) is 0 Å². The van der Waals surface area contributed by atoms with Crippen LogP contribution in [-0.4, -0.2) is 41.8 Å². The predicted octanol–water partition coefficient (Wildman–Crippen LogP) is 3.29. The fraction of sp³-hybridized carbons (Fsp3) is 0.240. The van der Waals surface area contributed by atoms with Crippen molar-refractivity contribution in [2.24, 2.45) is 5.10 Å². The molecule has 156 valence electrons. The van der Waals surface area contributed by atoms with E-state index in [4.69, 9.17) is 5.10 Å². The zero-order chi connectivity index (χ0) is 21.4. The Labute approximate surface area is 181 Å². The summed E-state index contributed by atoms with van der Waals surface area (Å²) in [6, 6.07) is 24.6. The highest BCUT2D eigenvalue weighted by Gasteiger charge is 2.37. The third kappa shape index (κ3) is 3.59. The number of nitro benzene ring substituents is 1. The van der Waals surface area contributed by atoms with E-state index >= 15 is 0 Å². The van der Waals surface area contributed by atoms with Crippen molar-refractivity contribution in [1.82, 2.24) is 5.01 Å². The molecule has 6 nitrogen and oxygen atoms in total. The molecule has 1 aliphatic carbocycles.